The minimum atomic E-state index is -0.362. The van der Waals surface area contributed by atoms with E-state index in [0.717, 1.165) is 30.5 Å². The molecule has 2 amide bonds. The Hall–Kier alpha value is -2.86. The van der Waals surface area contributed by atoms with Gasteiger partial charge in [-0.2, -0.15) is 5.10 Å². The Kier molecular flexibility index (Phi) is 6.66. The Labute approximate surface area is 168 Å². The quantitative estimate of drug-likeness (QED) is 0.545. The minimum Gasteiger partial charge on any atom is -0.484 e. The fraction of sp³-hybridized carbons (Fsp3) is 0.286. The molecule has 0 saturated heterocycles. The predicted molar refractivity (Wildman–Crippen MR) is 110 cm³/mol. The topological polar surface area (TPSA) is 79.8 Å². The summed E-state index contributed by atoms with van der Waals surface area (Å²) in [4.78, 5) is 23.8. The van der Waals surface area contributed by atoms with Crippen molar-refractivity contribution in [2.45, 2.75) is 26.2 Å². The van der Waals surface area contributed by atoms with E-state index in [2.05, 4.69) is 15.8 Å². The van der Waals surface area contributed by atoms with Gasteiger partial charge in [0.15, 0.2) is 6.61 Å². The zero-order chi connectivity index (χ0) is 19.9. The SMILES string of the molecule is CC(=NNC(=O)COc1ccc(Cl)cc1)c1ccc(NC(=O)C2CCC2)cc1. The monoisotopic (exact) mass is 399 g/mol. The van der Waals surface area contributed by atoms with Crippen molar-refractivity contribution in [1.82, 2.24) is 5.43 Å². The molecule has 146 valence electrons. The van der Waals surface area contributed by atoms with Crippen LogP contribution in [0.2, 0.25) is 5.02 Å². The average molecular weight is 400 g/mol. The smallest absolute Gasteiger partial charge is 0.277 e. The second kappa shape index (κ2) is 9.37. The summed E-state index contributed by atoms with van der Waals surface area (Å²) in [7, 11) is 0. The molecule has 0 atom stereocenters. The highest BCUT2D eigenvalue weighted by Gasteiger charge is 2.25. The van der Waals surface area contributed by atoms with Crippen LogP contribution >= 0.6 is 11.6 Å². The number of hydrazone groups is 1. The summed E-state index contributed by atoms with van der Waals surface area (Å²) < 4.78 is 5.37. The Morgan fingerprint density at radius 3 is 2.39 bits per heavy atom. The second-order valence-electron chi connectivity index (χ2n) is 6.67. The van der Waals surface area contributed by atoms with Crippen LogP contribution in [0.15, 0.2) is 53.6 Å². The van der Waals surface area contributed by atoms with Gasteiger partial charge in [0.1, 0.15) is 5.75 Å². The van der Waals surface area contributed by atoms with Gasteiger partial charge in [-0.15, -0.1) is 0 Å². The molecule has 7 heteroatoms. The summed E-state index contributed by atoms with van der Waals surface area (Å²) in [5, 5.41) is 7.62. The molecular weight excluding hydrogens is 378 g/mol. The molecule has 1 saturated carbocycles. The van der Waals surface area contributed by atoms with Crippen molar-refractivity contribution in [3.8, 4) is 5.75 Å². The summed E-state index contributed by atoms with van der Waals surface area (Å²) >= 11 is 5.80. The fourth-order valence-electron chi connectivity index (χ4n) is 2.63. The van der Waals surface area contributed by atoms with Crippen LogP contribution in [-0.2, 0) is 9.59 Å². The average Bonchev–Trinajstić information content (AvgIpc) is 2.65. The normalized spacial score (nSPS) is 14.1. The van der Waals surface area contributed by atoms with Crippen molar-refractivity contribution in [2.24, 2.45) is 11.0 Å². The van der Waals surface area contributed by atoms with Gasteiger partial charge < -0.3 is 10.1 Å². The van der Waals surface area contributed by atoms with Gasteiger partial charge in [0.2, 0.25) is 5.91 Å². The van der Waals surface area contributed by atoms with Gasteiger partial charge in [-0.25, -0.2) is 5.43 Å². The van der Waals surface area contributed by atoms with Gasteiger partial charge in [0.25, 0.3) is 5.91 Å². The van der Waals surface area contributed by atoms with Gasteiger partial charge in [-0.3, -0.25) is 9.59 Å². The second-order valence-corrected chi connectivity index (χ2v) is 7.11. The first-order valence-electron chi connectivity index (χ1n) is 9.14. The lowest BCUT2D eigenvalue weighted by atomic mass is 9.85. The van der Waals surface area contributed by atoms with E-state index in [-0.39, 0.29) is 24.3 Å². The van der Waals surface area contributed by atoms with E-state index in [9.17, 15) is 9.59 Å². The number of nitrogens with one attached hydrogen (secondary N) is 2. The van der Waals surface area contributed by atoms with Crippen molar-refractivity contribution in [1.29, 1.82) is 0 Å². The first kappa shape index (κ1) is 19.9. The molecule has 0 unspecified atom stereocenters. The summed E-state index contributed by atoms with van der Waals surface area (Å²) in [5.41, 5.74) is 4.72. The van der Waals surface area contributed by atoms with Crippen LogP contribution in [0.4, 0.5) is 5.69 Å². The zero-order valence-electron chi connectivity index (χ0n) is 15.6. The summed E-state index contributed by atoms with van der Waals surface area (Å²) in [6, 6.07) is 14.1. The van der Waals surface area contributed by atoms with Gasteiger partial charge >= 0.3 is 0 Å². The number of carbonyl (C=O) groups excluding carboxylic acids is 2. The van der Waals surface area contributed by atoms with E-state index in [1.165, 1.54) is 0 Å². The molecule has 28 heavy (non-hydrogen) atoms. The molecule has 2 aromatic rings. The van der Waals surface area contributed by atoms with E-state index in [1.54, 1.807) is 31.2 Å². The molecule has 0 heterocycles. The summed E-state index contributed by atoms with van der Waals surface area (Å²) in [6.07, 6.45) is 3.07. The Morgan fingerprint density at radius 1 is 1.11 bits per heavy atom. The van der Waals surface area contributed by atoms with Crippen molar-refractivity contribution >= 4 is 34.8 Å². The number of carbonyl (C=O) groups is 2. The molecule has 1 aliphatic carbocycles. The fourth-order valence-corrected chi connectivity index (χ4v) is 2.76. The molecule has 2 aromatic carbocycles. The van der Waals surface area contributed by atoms with Crippen LogP contribution in [0.25, 0.3) is 0 Å². The molecule has 6 nitrogen and oxygen atoms in total. The molecule has 0 radical (unpaired) electrons. The van der Waals surface area contributed by atoms with Gasteiger partial charge in [0, 0.05) is 16.6 Å². The predicted octanol–water partition coefficient (Wildman–Crippen LogP) is 4.00. The van der Waals surface area contributed by atoms with E-state index in [0.29, 0.717) is 16.5 Å². The molecule has 0 aromatic heterocycles. The van der Waals surface area contributed by atoms with Crippen LogP contribution in [0.3, 0.4) is 0 Å². The van der Waals surface area contributed by atoms with Crippen LogP contribution in [0.1, 0.15) is 31.7 Å². The number of amides is 2. The van der Waals surface area contributed by atoms with E-state index in [1.807, 2.05) is 24.3 Å². The molecular formula is C21H22ClN3O3. The lowest BCUT2D eigenvalue weighted by molar-refractivity contribution is -0.123. The highest BCUT2D eigenvalue weighted by Crippen LogP contribution is 2.27. The molecule has 1 fully saturated rings. The number of hydrogen-bond acceptors (Lipinski definition) is 4. The van der Waals surface area contributed by atoms with Crippen molar-refractivity contribution in [3.05, 3.63) is 59.1 Å². The summed E-state index contributed by atoms with van der Waals surface area (Å²) in [6.45, 7) is 1.65. The molecule has 0 aliphatic heterocycles. The highest BCUT2D eigenvalue weighted by molar-refractivity contribution is 6.30. The van der Waals surface area contributed by atoms with Crippen molar-refractivity contribution in [3.63, 3.8) is 0 Å². The molecule has 3 rings (SSSR count). The van der Waals surface area contributed by atoms with Gasteiger partial charge in [-0.05, 0) is 61.7 Å². The minimum absolute atomic E-state index is 0.0809. The number of ether oxygens (including phenoxy) is 1. The lowest BCUT2D eigenvalue weighted by Gasteiger charge is -2.24. The first-order valence-corrected chi connectivity index (χ1v) is 9.52. The Bertz CT molecular complexity index is 859. The largest absolute Gasteiger partial charge is 0.484 e. The highest BCUT2D eigenvalue weighted by atomic mass is 35.5. The summed E-state index contributed by atoms with van der Waals surface area (Å²) in [5.74, 6) is 0.420. The van der Waals surface area contributed by atoms with Crippen LogP contribution in [0, 0.1) is 5.92 Å². The van der Waals surface area contributed by atoms with E-state index >= 15 is 0 Å². The molecule has 0 spiro atoms. The molecule has 2 N–H and O–H groups in total. The zero-order valence-corrected chi connectivity index (χ0v) is 16.3. The standard InChI is InChI=1S/C21H22ClN3O3/c1-14(24-25-20(26)13-28-19-11-7-17(22)8-12-19)15-5-9-18(10-6-15)23-21(27)16-3-2-4-16/h5-12,16H,2-4,13H2,1H3,(H,23,27)(H,25,26). The lowest BCUT2D eigenvalue weighted by Crippen LogP contribution is -2.28. The maximum absolute atomic E-state index is 12.0. The maximum atomic E-state index is 12.0. The third kappa shape index (κ3) is 5.57. The van der Waals surface area contributed by atoms with Crippen LogP contribution in [-0.4, -0.2) is 24.1 Å². The number of benzene rings is 2. The number of rotatable bonds is 7. The van der Waals surface area contributed by atoms with Crippen LogP contribution in [0.5, 0.6) is 5.75 Å². The third-order valence-corrected chi connectivity index (χ3v) is 4.83. The molecule has 1 aliphatic rings. The number of halogens is 1. The maximum Gasteiger partial charge on any atom is 0.277 e. The van der Waals surface area contributed by atoms with Gasteiger partial charge in [0.05, 0.1) is 5.71 Å². The Balaban J connectivity index is 1.47. The van der Waals surface area contributed by atoms with Crippen LogP contribution < -0.4 is 15.5 Å². The van der Waals surface area contributed by atoms with Crippen molar-refractivity contribution in [2.75, 3.05) is 11.9 Å². The van der Waals surface area contributed by atoms with Crippen molar-refractivity contribution < 1.29 is 14.3 Å². The number of hydrogen-bond donors (Lipinski definition) is 2. The third-order valence-electron chi connectivity index (χ3n) is 4.58. The Morgan fingerprint density at radius 2 is 1.79 bits per heavy atom. The van der Waals surface area contributed by atoms with E-state index < -0.39 is 0 Å². The first-order chi connectivity index (χ1) is 13.5. The van der Waals surface area contributed by atoms with Gasteiger partial charge in [-0.1, -0.05) is 30.2 Å². The van der Waals surface area contributed by atoms with E-state index in [4.69, 9.17) is 16.3 Å². The number of nitrogens with zero attached hydrogens (tertiary/aromatic N) is 1. The number of anilines is 1. The molecule has 0 bridgehead atoms.